The van der Waals surface area contributed by atoms with Crippen LogP contribution in [0.4, 0.5) is 0 Å². The van der Waals surface area contributed by atoms with Crippen LogP contribution in [0.5, 0.6) is 5.75 Å². The third-order valence-electron chi connectivity index (χ3n) is 3.46. The van der Waals surface area contributed by atoms with E-state index < -0.39 is 18.7 Å². The zero-order valence-corrected chi connectivity index (χ0v) is 13.9. The summed E-state index contributed by atoms with van der Waals surface area (Å²) in [4.78, 5) is 0.197. The van der Waals surface area contributed by atoms with Crippen LogP contribution < -0.4 is 4.74 Å². The predicted molar refractivity (Wildman–Crippen MR) is 90.5 cm³/mol. The molecule has 0 fully saturated rings. The van der Waals surface area contributed by atoms with Crippen LogP contribution in [0.2, 0.25) is 0 Å². The van der Waals surface area contributed by atoms with Crippen molar-refractivity contribution < 1.29 is 17.4 Å². The summed E-state index contributed by atoms with van der Waals surface area (Å²) in [6, 6.07) is 18.4. The molecule has 0 heterocycles. The molecule has 0 amide bonds. The Bertz CT molecular complexity index is 980. The van der Waals surface area contributed by atoms with Gasteiger partial charge in [0.2, 0.25) is 0 Å². The zero-order valence-electron chi connectivity index (χ0n) is 12.3. The lowest BCUT2D eigenvalue weighted by molar-refractivity contribution is 0.405. The van der Waals surface area contributed by atoms with Crippen LogP contribution in [0.1, 0.15) is 0 Å². The lowest BCUT2D eigenvalue weighted by atomic mass is 10.1. The van der Waals surface area contributed by atoms with Crippen LogP contribution in [-0.4, -0.2) is 19.7 Å². The van der Waals surface area contributed by atoms with Crippen LogP contribution in [0.15, 0.2) is 76.5 Å². The van der Waals surface area contributed by atoms with Gasteiger partial charge in [0.15, 0.2) is 9.83 Å². The summed E-state index contributed by atoms with van der Waals surface area (Å²) in [7, 11) is -4.88. The summed E-state index contributed by atoms with van der Waals surface area (Å²) in [6.07, 6.45) is 0. The van der Waals surface area contributed by atoms with Crippen molar-refractivity contribution in [1.29, 1.82) is 0 Å². The average molecular weight is 346 g/mol. The molecular formula is C17H14O4S2. The van der Waals surface area contributed by atoms with E-state index in [1.807, 2.05) is 18.2 Å². The summed E-state index contributed by atoms with van der Waals surface area (Å²) >= 11 is 0. The van der Waals surface area contributed by atoms with Gasteiger partial charge in [-0.15, -0.1) is 0 Å². The average Bonchev–Trinajstić information content (AvgIpc) is 2.60. The molecule has 23 heavy (non-hydrogen) atoms. The minimum atomic E-state index is -4.02. The molecule has 0 N–H and O–H groups in total. The highest BCUT2D eigenvalue weighted by molar-refractivity contribution is 8.64. The Morgan fingerprint density at radius 1 is 0.870 bits per heavy atom. The molecule has 118 valence electrons. The van der Waals surface area contributed by atoms with Crippen LogP contribution in [-0.2, 0) is 18.7 Å². The van der Waals surface area contributed by atoms with E-state index in [0.717, 1.165) is 5.39 Å². The van der Waals surface area contributed by atoms with Crippen molar-refractivity contribution in [3.05, 3.63) is 66.7 Å². The molecule has 3 rings (SSSR count). The van der Waals surface area contributed by atoms with Crippen molar-refractivity contribution in [3.63, 3.8) is 0 Å². The summed E-state index contributed by atoms with van der Waals surface area (Å²) < 4.78 is 43.5. The Morgan fingerprint density at radius 3 is 2.22 bits per heavy atom. The maximum Gasteiger partial charge on any atom is 0.262 e. The summed E-state index contributed by atoms with van der Waals surface area (Å²) in [5.41, 5.74) is 0. The number of hydrogen-bond acceptors (Lipinski definition) is 4. The van der Waals surface area contributed by atoms with Gasteiger partial charge in [-0.3, -0.25) is 0 Å². The zero-order chi connectivity index (χ0) is 16.4. The van der Waals surface area contributed by atoms with Crippen molar-refractivity contribution >= 4 is 29.5 Å². The smallest absolute Gasteiger partial charge is 0.262 e. The standard InChI is InChI=1S/C17H14O4S2/c1-21-16-12-11-13-7-5-6-10-15(13)17(16)22(18)23(19,20)14-8-3-2-4-9-14/h2-12H,1H3/t22-/m1/s1. The summed E-state index contributed by atoms with van der Waals surface area (Å²) in [6.45, 7) is 0. The van der Waals surface area contributed by atoms with Crippen LogP contribution in [0, 0.1) is 0 Å². The van der Waals surface area contributed by atoms with Crippen molar-refractivity contribution in [2.24, 2.45) is 0 Å². The molecule has 0 aliphatic heterocycles. The number of hydrogen-bond donors (Lipinski definition) is 0. The SMILES string of the molecule is COc1ccc2ccccc2c1[S@](=O)S(=O)(=O)c1ccccc1. The van der Waals surface area contributed by atoms with Crippen LogP contribution in [0.25, 0.3) is 10.8 Å². The molecule has 0 aliphatic rings. The minimum Gasteiger partial charge on any atom is -0.495 e. The first kappa shape index (κ1) is 15.7. The molecule has 6 heteroatoms. The van der Waals surface area contributed by atoms with E-state index >= 15 is 0 Å². The van der Waals surface area contributed by atoms with E-state index in [1.54, 1.807) is 36.4 Å². The third kappa shape index (κ3) is 2.75. The van der Waals surface area contributed by atoms with Crippen LogP contribution in [0.3, 0.4) is 0 Å². The molecule has 4 nitrogen and oxygen atoms in total. The van der Waals surface area contributed by atoms with Gasteiger partial charge in [-0.1, -0.05) is 48.5 Å². The molecule has 0 spiro atoms. The van der Waals surface area contributed by atoms with Gasteiger partial charge in [-0.2, -0.15) is 0 Å². The normalized spacial score (nSPS) is 12.9. The Labute approximate surface area is 136 Å². The second-order valence-corrected chi connectivity index (χ2v) is 9.30. The first-order chi connectivity index (χ1) is 11.1. The quantitative estimate of drug-likeness (QED) is 0.680. The van der Waals surface area contributed by atoms with Gasteiger partial charge >= 0.3 is 0 Å². The second-order valence-electron chi connectivity index (χ2n) is 4.82. The van der Waals surface area contributed by atoms with E-state index in [9.17, 15) is 12.6 Å². The fraction of sp³-hybridized carbons (Fsp3) is 0.0588. The number of fused-ring (bicyclic) bond motifs is 1. The topological polar surface area (TPSA) is 60.4 Å². The molecular weight excluding hydrogens is 332 g/mol. The number of methoxy groups -OCH3 is 1. The van der Waals surface area contributed by atoms with E-state index in [-0.39, 0.29) is 9.79 Å². The molecule has 0 unspecified atom stereocenters. The van der Waals surface area contributed by atoms with Gasteiger partial charge in [-0.05, 0) is 23.6 Å². The van der Waals surface area contributed by atoms with Gasteiger partial charge < -0.3 is 4.74 Å². The Balaban J connectivity index is 2.26. The van der Waals surface area contributed by atoms with E-state index in [2.05, 4.69) is 0 Å². The Kier molecular flexibility index (Phi) is 4.19. The van der Waals surface area contributed by atoms with Crippen LogP contribution >= 0.6 is 0 Å². The van der Waals surface area contributed by atoms with Crippen molar-refractivity contribution in [2.45, 2.75) is 9.79 Å². The molecule has 0 radical (unpaired) electrons. The summed E-state index contributed by atoms with van der Waals surface area (Å²) in [5.74, 6) is 0.293. The molecule has 0 saturated carbocycles. The van der Waals surface area contributed by atoms with Crippen molar-refractivity contribution in [1.82, 2.24) is 0 Å². The Morgan fingerprint density at radius 2 is 1.52 bits per heavy atom. The van der Waals surface area contributed by atoms with E-state index in [0.29, 0.717) is 11.1 Å². The maximum atomic E-state index is 12.9. The van der Waals surface area contributed by atoms with Gasteiger partial charge in [0, 0.05) is 5.39 Å². The molecule has 3 aromatic carbocycles. The lowest BCUT2D eigenvalue weighted by Gasteiger charge is -2.12. The fourth-order valence-corrected chi connectivity index (χ4v) is 5.94. The molecule has 1 atom stereocenters. The molecule has 3 aromatic rings. The highest BCUT2D eigenvalue weighted by Gasteiger charge is 2.28. The minimum absolute atomic E-state index is 0.0216. The largest absolute Gasteiger partial charge is 0.495 e. The van der Waals surface area contributed by atoms with Gasteiger partial charge in [0.05, 0.1) is 12.0 Å². The first-order valence-corrected chi connectivity index (χ1v) is 9.99. The monoisotopic (exact) mass is 346 g/mol. The van der Waals surface area contributed by atoms with Crippen molar-refractivity contribution in [3.8, 4) is 5.75 Å². The first-order valence-electron chi connectivity index (χ1n) is 6.84. The summed E-state index contributed by atoms with van der Waals surface area (Å²) in [5, 5.41) is 1.41. The Hall–Kier alpha value is -2.18. The molecule has 0 aromatic heterocycles. The molecule has 0 bridgehead atoms. The lowest BCUT2D eigenvalue weighted by Crippen LogP contribution is -2.10. The number of rotatable bonds is 4. The van der Waals surface area contributed by atoms with Gasteiger partial charge in [0.1, 0.15) is 10.6 Å². The van der Waals surface area contributed by atoms with Gasteiger partial charge in [-0.25, -0.2) is 12.6 Å². The van der Waals surface area contributed by atoms with Gasteiger partial charge in [0.25, 0.3) is 8.87 Å². The van der Waals surface area contributed by atoms with E-state index in [4.69, 9.17) is 4.74 Å². The predicted octanol–water partition coefficient (Wildman–Crippen LogP) is 3.34. The third-order valence-corrected chi connectivity index (χ3v) is 7.74. The fourth-order valence-electron chi connectivity index (χ4n) is 2.34. The maximum absolute atomic E-state index is 12.9. The van der Waals surface area contributed by atoms with Crippen molar-refractivity contribution in [2.75, 3.05) is 7.11 Å². The number of benzene rings is 3. The molecule has 0 aliphatic carbocycles. The highest BCUT2D eigenvalue weighted by atomic mass is 33.2. The molecule has 0 saturated heterocycles. The highest BCUT2D eigenvalue weighted by Crippen LogP contribution is 2.34. The number of ether oxygens (including phenoxy) is 1. The van der Waals surface area contributed by atoms with E-state index in [1.165, 1.54) is 19.2 Å². The second kappa shape index (κ2) is 6.14.